The quantitative estimate of drug-likeness (QED) is 0.660. The molecule has 8 heteroatoms. The number of benzene rings is 2. The third-order valence-corrected chi connectivity index (χ3v) is 3.84. The van der Waals surface area contributed by atoms with E-state index < -0.39 is 35.7 Å². The normalized spacial score (nSPS) is 12.4. The summed E-state index contributed by atoms with van der Waals surface area (Å²) in [6.45, 7) is 4.75. The molecular formula is C20H22FN3O4. The highest BCUT2D eigenvalue weighted by Crippen LogP contribution is 2.16. The highest BCUT2D eigenvalue weighted by Gasteiger charge is 2.20. The van der Waals surface area contributed by atoms with Crippen molar-refractivity contribution in [1.82, 2.24) is 16.2 Å². The van der Waals surface area contributed by atoms with Gasteiger partial charge >= 0.3 is 0 Å². The second-order valence-electron chi connectivity index (χ2n) is 6.23. The van der Waals surface area contributed by atoms with Gasteiger partial charge in [0.05, 0.1) is 0 Å². The molecule has 0 aliphatic heterocycles. The summed E-state index contributed by atoms with van der Waals surface area (Å²) in [4.78, 5) is 36.2. The van der Waals surface area contributed by atoms with E-state index in [-0.39, 0.29) is 5.75 Å². The lowest BCUT2D eigenvalue weighted by Crippen LogP contribution is -2.53. The minimum Gasteiger partial charge on any atom is -0.478 e. The SMILES string of the molecule is Cc1cccc(C(=O)N[C@@H](C)C(=O)NNC(=O)[C@@H](C)Oc2ccccc2F)c1. The molecule has 28 heavy (non-hydrogen) atoms. The predicted octanol–water partition coefficient (Wildman–Crippen LogP) is 1.87. The molecular weight excluding hydrogens is 365 g/mol. The zero-order valence-corrected chi connectivity index (χ0v) is 15.8. The molecule has 0 aliphatic carbocycles. The van der Waals surface area contributed by atoms with Gasteiger partial charge in [0, 0.05) is 5.56 Å². The van der Waals surface area contributed by atoms with Crippen LogP contribution in [0.1, 0.15) is 29.8 Å². The van der Waals surface area contributed by atoms with E-state index in [2.05, 4.69) is 16.2 Å². The average molecular weight is 387 g/mol. The van der Waals surface area contributed by atoms with E-state index in [1.165, 1.54) is 32.0 Å². The van der Waals surface area contributed by atoms with E-state index in [9.17, 15) is 18.8 Å². The molecule has 3 N–H and O–H groups in total. The summed E-state index contributed by atoms with van der Waals surface area (Å²) >= 11 is 0. The monoisotopic (exact) mass is 387 g/mol. The van der Waals surface area contributed by atoms with Crippen molar-refractivity contribution in [3.8, 4) is 5.75 Å². The van der Waals surface area contributed by atoms with Crippen molar-refractivity contribution >= 4 is 17.7 Å². The molecule has 0 saturated heterocycles. The van der Waals surface area contributed by atoms with Gasteiger partial charge < -0.3 is 10.1 Å². The molecule has 0 aromatic heterocycles. The number of rotatable bonds is 6. The van der Waals surface area contributed by atoms with Gasteiger partial charge in [-0.3, -0.25) is 25.2 Å². The Bertz CT molecular complexity index is 872. The Hall–Kier alpha value is -3.42. The van der Waals surface area contributed by atoms with Crippen LogP contribution in [0.15, 0.2) is 48.5 Å². The van der Waals surface area contributed by atoms with Crippen LogP contribution in [0.25, 0.3) is 0 Å². The summed E-state index contributed by atoms with van der Waals surface area (Å²) in [6.07, 6.45) is -1.05. The van der Waals surface area contributed by atoms with E-state index in [1.54, 1.807) is 24.3 Å². The molecule has 148 valence electrons. The number of carbonyl (C=O) groups excluding carboxylic acids is 3. The Kier molecular flexibility index (Phi) is 7.08. The maximum Gasteiger partial charge on any atom is 0.279 e. The van der Waals surface area contributed by atoms with E-state index in [1.807, 2.05) is 13.0 Å². The lowest BCUT2D eigenvalue weighted by atomic mass is 10.1. The van der Waals surface area contributed by atoms with Gasteiger partial charge in [-0.25, -0.2) is 4.39 Å². The van der Waals surface area contributed by atoms with Crippen molar-refractivity contribution in [2.24, 2.45) is 0 Å². The summed E-state index contributed by atoms with van der Waals surface area (Å²) in [5, 5.41) is 2.54. The number of ether oxygens (including phenoxy) is 1. The predicted molar refractivity (Wildman–Crippen MR) is 101 cm³/mol. The number of carbonyl (C=O) groups is 3. The van der Waals surface area contributed by atoms with Crippen molar-refractivity contribution in [3.63, 3.8) is 0 Å². The Labute approximate surface area is 162 Å². The van der Waals surface area contributed by atoms with Gasteiger partial charge in [-0.2, -0.15) is 0 Å². The highest BCUT2D eigenvalue weighted by atomic mass is 19.1. The van der Waals surface area contributed by atoms with Crippen LogP contribution in [0.2, 0.25) is 0 Å². The van der Waals surface area contributed by atoms with Gasteiger partial charge in [0.1, 0.15) is 6.04 Å². The van der Waals surface area contributed by atoms with Crippen molar-refractivity contribution in [2.75, 3.05) is 0 Å². The Morgan fingerprint density at radius 2 is 1.64 bits per heavy atom. The zero-order chi connectivity index (χ0) is 20.7. The van der Waals surface area contributed by atoms with Crippen LogP contribution in [0, 0.1) is 12.7 Å². The second-order valence-corrected chi connectivity index (χ2v) is 6.23. The molecule has 2 atom stereocenters. The fourth-order valence-electron chi connectivity index (χ4n) is 2.25. The molecule has 0 radical (unpaired) electrons. The first kappa shape index (κ1) is 20.9. The number of hydrazine groups is 1. The number of para-hydroxylation sites is 1. The van der Waals surface area contributed by atoms with Crippen molar-refractivity contribution in [2.45, 2.75) is 32.9 Å². The lowest BCUT2D eigenvalue weighted by Gasteiger charge is -2.17. The largest absolute Gasteiger partial charge is 0.478 e. The van der Waals surface area contributed by atoms with E-state index in [0.717, 1.165) is 5.56 Å². The summed E-state index contributed by atoms with van der Waals surface area (Å²) in [7, 11) is 0. The number of halogens is 1. The van der Waals surface area contributed by atoms with Crippen LogP contribution in [0.4, 0.5) is 4.39 Å². The number of amides is 3. The van der Waals surface area contributed by atoms with Crippen molar-refractivity contribution in [3.05, 3.63) is 65.5 Å². The molecule has 2 aromatic rings. The highest BCUT2D eigenvalue weighted by molar-refractivity contribution is 5.97. The van der Waals surface area contributed by atoms with Gasteiger partial charge in [-0.1, -0.05) is 29.8 Å². The summed E-state index contributed by atoms with van der Waals surface area (Å²) in [5.74, 6) is -2.37. The van der Waals surface area contributed by atoms with Gasteiger partial charge in [0.15, 0.2) is 17.7 Å². The smallest absolute Gasteiger partial charge is 0.279 e. The molecule has 3 amide bonds. The van der Waals surface area contributed by atoms with Gasteiger partial charge in [-0.05, 0) is 45.0 Å². The van der Waals surface area contributed by atoms with Crippen LogP contribution < -0.4 is 20.9 Å². The standard InChI is InChI=1S/C20H22FN3O4/c1-12-7-6-8-15(11-12)20(27)22-13(2)18(25)23-24-19(26)14(3)28-17-10-5-4-9-16(17)21/h4-11,13-14H,1-3H3,(H,22,27)(H,23,25)(H,24,26)/t13-,14+/m0/s1. The fraction of sp³-hybridized carbons (Fsp3) is 0.250. The summed E-state index contributed by atoms with van der Waals surface area (Å²) in [6, 6.07) is 11.7. The Morgan fingerprint density at radius 3 is 2.32 bits per heavy atom. The summed E-state index contributed by atoms with van der Waals surface area (Å²) < 4.78 is 18.8. The minimum atomic E-state index is -1.05. The second kappa shape index (κ2) is 9.50. The zero-order valence-electron chi connectivity index (χ0n) is 15.8. The topological polar surface area (TPSA) is 96.5 Å². The van der Waals surface area contributed by atoms with Crippen molar-refractivity contribution < 1.29 is 23.5 Å². The van der Waals surface area contributed by atoms with Crippen LogP contribution in [-0.4, -0.2) is 29.9 Å². The molecule has 0 spiro atoms. The molecule has 0 fully saturated rings. The third-order valence-electron chi connectivity index (χ3n) is 3.84. The van der Waals surface area contributed by atoms with E-state index in [0.29, 0.717) is 5.56 Å². The fourth-order valence-corrected chi connectivity index (χ4v) is 2.25. The molecule has 0 heterocycles. The van der Waals surface area contributed by atoms with Gasteiger partial charge in [-0.15, -0.1) is 0 Å². The van der Waals surface area contributed by atoms with Crippen LogP contribution in [0.3, 0.4) is 0 Å². The first-order valence-electron chi connectivity index (χ1n) is 8.66. The van der Waals surface area contributed by atoms with Crippen LogP contribution in [0.5, 0.6) is 5.75 Å². The maximum atomic E-state index is 13.6. The summed E-state index contributed by atoms with van der Waals surface area (Å²) in [5.41, 5.74) is 5.74. The molecule has 0 bridgehead atoms. The number of nitrogens with one attached hydrogen (secondary N) is 3. The van der Waals surface area contributed by atoms with Gasteiger partial charge in [0.2, 0.25) is 0 Å². The Balaban J connectivity index is 1.82. The minimum absolute atomic E-state index is 0.0738. The molecule has 0 unspecified atom stereocenters. The van der Waals surface area contributed by atoms with Crippen LogP contribution in [-0.2, 0) is 9.59 Å². The Morgan fingerprint density at radius 1 is 0.964 bits per heavy atom. The molecule has 0 aliphatic rings. The maximum absolute atomic E-state index is 13.6. The average Bonchev–Trinajstić information content (AvgIpc) is 2.67. The number of hydrogen-bond donors (Lipinski definition) is 3. The number of aryl methyl sites for hydroxylation is 1. The first-order chi connectivity index (χ1) is 13.3. The first-order valence-corrected chi connectivity index (χ1v) is 8.66. The molecule has 2 rings (SSSR count). The molecule has 7 nitrogen and oxygen atoms in total. The van der Waals surface area contributed by atoms with Gasteiger partial charge in [0.25, 0.3) is 17.7 Å². The van der Waals surface area contributed by atoms with E-state index in [4.69, 9.17) is 4.74 Å². The lowest BCUT2D eigenvalue weighted by molar-refractivity contribution is -0.133. The van der Waals surface area contributed by atoms with Crippen molar-refractivity contribution in [1.29, 1.82) is 0 Å². The molecule has 2 aromatic carbocycles. The number of hydrogen-bond acceptors (Lipinski definition) is 4. The third kappa shape index (κ3) is 5.80. The van der Waals surface area contributed by atoms with E-state index >= 15 is 0 Å². The molecule has 0 saturated carbocycles. The van der Waals surface area contributed by atoms with Crippen LogP contribution >= 0.6 is 0 Å².